The van der Waals surface area contributed by atoms with Gasteiger partial charge in [0, 0.05) is 98.6 Å². The molecule has 1 aliphatic rings. The summed E-state index contributed by atoms with van der Waals surface area (Å²) in [6, 6.07) is 33.3. The number of rotatable bonds is 15. The Morgan fingerprint density at radius 1 is 0.448 bits per heavy atom. The molecule has 9 rings (SSSR count). The maximum absolute atomic E-state index is 13.4. The summed E-state index contributed by atoms with van der Waals surface area (Å²) in [7, 11) is -5.21. The number of benzene rings is 5. The predicted molar refractivity (Wildman–Crippen MR) is 332 cm³/mol. The van der Waals surface area contributed by atoms with Gasteiger partial charge in [0.1, 0.15) is 49.8 Å². The van der Waals surface area contributed by atoms with Gasteiger partial charge in [-0.05, 0) is 156 Å². The quantitative estimate of drug-likeness (QED) is 0.0417. The van der Waals surface area contributed by atoms with Crippen LogP contribution in [-0.2, 0) is 32.2 Å². The molecule has 4 heterocycles. The summed E-state index contributed by atoms with van der Waals surface area (Å²) in [5.41, 5.74) is 2.40. The molecule has 1 saturated heterocycles. The fraction of sp³-hybridized carbons (Fsp3) is 0.250. The molecule has 0 saturated carbocycles. The molecule has 1 aliphatic heterocycles. The zero-order valence-electron chi connectivity index (χ0n) is 47.4. The molecule has 462 valence electrons. The van der Waals surface area contributed by atoms with Crippen LogP contribution in [0.25, 0.3) is 0 Å². The minimum Gasteiger partial charge on any atom is -0.340 e. The molecule has 0 bridgehead atoms. The second-order valence-corrected chi connectivity index (χ2v) is 31.6. The summed E-state index contributed by atoms with van der Waals surface area (Å²) in [6.07, 6.45) is -11.6. The van der Waals surface area contributed by atoms with Crippen LogP contribution < -0.4 is 47.9 Å². The van der Waals surface area contributed by atoms with Gasteiger partial charge < -0.3 is 50.6 Å². The Labute approximate surface area is 509 Å². The summed E-state index contributed by atoms with van der Waals surface area (Å²) >= 11 is 9.18. The Kier molecular flexibility index (Phi) is 21.6. The fourth-order valence-electron chi connectivity index (χ4n) is 7.80. The van der Waals surface area contributed by atoms with Crippen LogP contribution >= 0.6 is 49.0 Å². The molecule has 0 unspecified atom stereocenters. The van der Waals surface area contributed by atoms with Crippen LogP contribution in [0.1, 0.15) is 16.7 Å². The number of likely N-dealkylation sites (N-methyl/N-ethyl adjacent to an activating group) is 1. The summed E-state index contributed by atoms with van der Waals surface area (Å²) in [5.74, 6) is -1.04. The minimum atomic E-state index is -4.63. The van der Waals surface area contributed by atoms with E-state index >= 15 is 0 Å². The van der Waals surface area contributed by atoms with E-state index in [1.165, 1.54) is 6.07 Å². The van der Waals surface area contributed by atoms with E-state index in [0.717, 1.165) is 25.5 Å². The number of nitrogens with zero attached hydrogens (tertiary/aromatic N) is 8. The van der Waals surface area contributed by atoms with Gasteiger partial charge in [-0.1, -0.05) is 39.7 Å². The Morgan fingerprint density at radius 3 is 1.11 bits per heavy atom. The third kappa shape index (κ3) is 20.2. The fourth-order valence-corrected chi connectivity index (χ4v) is 11.0. The number of hydrogen-bond acceptors (Lipinski definition) is 17. The maximum atomic E-state index is 13.4. The molecule has 0 atom stereocenters. The Balaban J connectivity index is 0.000000186. The Morgan fingerprint density at radius 2 is 0.782 bits per heavy atom. The topological polar surface area (TPSA) is 207 Å². The van der Waals surface area contributed by atoms with E-state index < -0.39 is 62.5 Å². The van der Waals surface area contributed by atoms with Gasteiger partial charge in [-0.3, -0.25) is 0 Å². The number of halogens is 11. The zero-order valence-corrected chi connectivity index (χ0v) is 52.4. The van der Waals surface area contributed by atoms with E-state index in [1.54, 1.807) is 160 Å². The number of aromatic nitrogens is 6. The van der Waals surface area contributed by atoms with Gasteiger partial charge in [0.25, 0.3) is 0 Å². The van der Waals surface area contributed by atoms with E-state index in [4.69, 9.17) is 11.6 Å². The second-order valence-electron chi connectivity index (χ2n) is 20.6. The molecule has 3 aromatic heterocycles. The summed E-state index contributed by atoms with van der Waals surface area (Å²) in [4.78, 5) is 25.5. The first-order valence-corrected chi connectivity index (χ1v) is 34.9. The Hall–Kier alpha value is -7.11. The van der Waals surface area contributed by atoms with Crippen molar-refractivity contribution in [1.82, 2.24) is 39.8 Å². The lowest BCUT2D eigenvalue weighted by Gasteiger charge is -2.33. The van der Waals surface area contributed by atoms with E-state index in [2.05, 4.69) is 82.7 Å². The maximum Gasteiger partial charge on any atom is 0.421 e. The van der Waals surface area contributed by atoms with E-state index in [1.807, 2.05) is 7.05 Å². The number of alkyl halides is 9. The summed E-state index contributed by atoms with van der Waals surface area (Å²) in [6.45, 7) is 12.6. The highest BCUT2D eigenvalue weighted by atomic mass is 79.9. The number of nitrogens with one attached hydrogen (secondary N) is 6. The molecule has 17 nitrogen and oxygen atoms in total. The minimum absolute atomic E-state index is 0.000531. The average Bonchev–Trinajstić information content (AvgIpc) is 1.77. The lowest BCUT2D eigenvalue weighted by atomic mass is 10.2. The average molecular weight is 1350 g/mol. The molecule has 8 aromatic rings. The van der Waals surface area contributed by atoms with Crippen LogP contribution in [0.3, 0.4) is 0 Å². The SMILES string of the molecule is CN1CCN(Nc2nc(Nc3ccc(P(C)(C)=O)cc3)ncc2C(F)(F)F)CC1.CP(C)(=O)c1ccc(Nc2ncc(C(F)(F)F)c(Nc3cccc(Br)c3)n2)cc1.CP(C)(=O)c1ccc(Nc2ncc(C(F)(F)F)c(Nc3cccc(Cl)c3)n2)cc1. The molecule has 87 heavy (non-hydrogen) atoms. The van der Waals surface area contributed by atoms with Crippen LogP contribution in [0.15, 0.2) is 144 Å². The van der Waals surface area contributed by atoms with Crippen molar-refractivity contribution in [2.45, 2.75) is 18.5 Å². The van der Waals surface area contributed by atoms with Gasteiger partial charge in [-0.2, -0.15) is 54.5 Å². The highest BCUT2D eigenvalue weighted by Gasteiger charge is 2.38. The van der Waals surface area contributed by atoms with E-state index in [-0.39, 0.29) is 29.5 Å². The third-order valence-corrected chi connectivity index (χ3v) is 17.8. The number of piperazine rings is 1. The lowest BCUT2D eigenvalue weighted by molar-refractivity contribution is -0.138. The molecule has 0 spiro atoms. The van der Waals surface area contributed by atoms with Crippen LogP contribution in [0.4, 0.5) is 103 Å². The third-order valence-electron chi connectivity index (χ3n) is 12.5. The number of hydrazine groups is 1. The number of hydrogen-bond donors (Lipinski definition) is 6. The molecule has 5 aromatic carbocycles. The number of anilines is 11. The van der Waals surface area contributed by atoms with Crippen LogP contribution in [0, 0.1) is 0 Å². The van der Waals surface area contributed by atoms with Crippen molar-refractivity contribution in [3.05, 3.63) is 166 Å². The normalized spacial score (nSPS) is 13.5. The largest absolute Gasteiger partial charge is 0.421 e. The molecular formula is C56H58BrClF9N14O3P3. The van der Waals surface area contributed by atoms with Crippen molar-refractivity contribution in [2.75, 3.05) is 105 Å². The van der Waals surface area contributed by atoms with Gasteiger partial charge in [-0.25, -0.2) is 20.0 Å². The monoisotopic (exact) mass is 1350 g/mol. The van der Waals surface area contributed by atoms with Crippen LogP contribution in [0.5, 0.6) is 0 Å². The van der Waals surface area contributed by atoms with Crippen molar-refractivity contribution in [1.29, 1.82) is 0 Å². The van der Waals surface area contributed by atoms with Crippen molar-refractivity contribution in [2.24, 2.45) is 0 Å². The summed E-state index contributed by atoms with van der Waals surface area (Å²) in [5, 5.41) is 18.2. The molecule has 1 fully saturated rings. The molecule has 0 amide bonds. The lowest BCUT2D eigenvalue weighted by Crippen LogP contribution is -2.47. The first kappa shape index (κ1) is 67.4. The van der Waals surface area contributed by atoms with Crippen molar-refractivity contribution >= 4 is 129 Å². The first-order valence-electron chi connectivity index (χ1n) is 25.9. The highest BCUT2D eigenvalue weighted by Crippen LogP contribution is 2.40. The second kappa shape index (κ2) is 27.9. The highest BCUT2D eigenvalue weighted by molar-refractivity contribution is 9.10. The van der Waals surface area contributed by atoms with Gasteiger partial charge in [0.05, 0.1) is 0 Å². The van der Waals surface area contributed by atoms with Crippen molar-refractivity contribution in [3.63, 3.8) is 0 Å². The van der Waals surface area contributed by atoms with Crippen molar-refractivity contribution < 1.29 is 53.2 Å². The van der Waals surface area contributed by atoms with Crippen LogP contribution in [0.2, 0.25) is 5.02 Å². The van der Waals surface area contributed by atoms with Gasteiger partial charge in [0.15, 0.2) is 5.82 Å². The standard InChI is InChI=1S/C19H17BrF3N4OP.C19H17ClF3N4OP.C18H24F3N6OP/c2*1-29(2,28)15-8-6-13(7-9-15)26-18-24-11-16(19(21,22)23)17(27-18)25-14-5-3-4-12(20)10-14;1-26-8-10-27(11-9-26)25-16-15(18(19,20)21)12-22-17(24-16)23-13-4-6-14(7-5-13)29(2,3)28/h2*3-11H,1-2H3,(H2,24,25,26,27);4-7,12H,8-11H2,1-3H3,(H2,22,23,24,25). The molecule has 0 radical (unpaired) electrons. The van der Waals surface area contributed by atoms with Crippen molar-refractivity contribution in [3.8, 4) is 0 Å². The van der Waals surface area contributed by atoms with Crippen LogP contribution in [-0.4, -0.2) is 113 Å². The molecule has 6 N–H and O–H groups in total. The van der Waals surface area contributed by atoms with E-state index in [9.17, 15) is 53.2 Å². The van der Waals surface area contributed by atoms with E-state index in [0.29, 0.717) is 73.1 Å². The molecule has 0 aliphatic carbocycles. The zero-order chi connectivity index (χ0) is 63.7. The molecular weight excluding hydrogens is 1300 g/mol. The Bertz CT molecular complexity index is 3640. The van der Waals surface area contributed by atoms with Gasteiger partial charge in [-0.15, -0.1) is 0 Å². The van der Waals surface area contributed by atoms with Gasteiger partial charge in [0.2, 0.25) is 17.8 Å². The molecule has 31 heteroatoms. The smallest absolute Gasteiger partial charge is 0.340 e. The van der Waals surface area contributed by atoms with Gasteiger partial charge >= 0.3 is 18.5 Å². The predicted octanol–water partition coefficient (Wildman–Crippen LogP) is 14.9. The summed E-state index contributed by atoms with van der Waals surface area (Å²) < 4.78 is 157. The first-order chi connectivity index (χ1) is 40.6.